The van der Waals surface area contributed by atoms with Crippen LogP contribution in [0.3, 0.4) is 0 Å². The van der Waals surface area contributed by atoms with Gasteiger partial charge in [-0.2, -0.15) is 0 Å². The third-order valence-electron chi connectivity index (χ3n) is 5.87. The van der Waals surface area contributed by atoms with Gasteiger partial charge in [0.15, 0.2) is 0 Å². The standard InChI is InChI=1S/C18H36N2/c1-7-18(6)12-20(17(11-19-18)13(2)3)16-9-14(4)8-15(5)10-16/h13-17,19H,7-12H2,1-6H3. The molecule has 2 nitrogen and oxygen atoms in total. The Bertz CT molecular complexity index is 305. The summed E-state index contributed by atoms with van der Waals surface area (Å²) in [6, 6.07) is 1.53. The van der Waals surface area contributed by atoms with Crippen molar-refractivity contribution in [2.75, 3.05) is 13.1 Å². The predicted molar refractivity (Wildman–Crippen MR) is 88.0 cm³/mol. The topological polar surface area (TPSA) is 15.3 Å². The third kappa shape index (κ3) is 3.57. The zero-order chi connectivity index (χ0) is 14.9. The molecule has 2 aliphatic rings. The van der Waals surface area contributed by atoms with Gasteiger partial charge >= 0.3 is 0 Å². The van der Waals surface area contributed by atoms with E-state index in [1.807, 2.05) is 0 Å². The Balaban J connectivity index is 2.14. The molecule has 1 saturated carbocycles. The summed E-state index contributed by atoms with van der Waals surface area (Å²) in [5.41, 5.74) is 0.315. The fourth-order valence-corrected chi connectivity index (χ4v) is 4.47. The van der Waals surface area contributed by atoms with Gasteiger partial charge in [0, 0.05) is 30.7 Å². The maximum absolute atomic E-state index is 3.83. The second-order valence-electron chi connectivity index (χ2n) is 8.35. The van der Waals surface area contributed by atoms with E-state index in [0.29, 0.717) is 5.54 Å². The molecule has 4 atom stereocenters. The van der Waals surface area contributed by atoms with E-state index in [1.165, 1.54) is 38.8 Å². The molecule has 4 unspecified atom stereocenters. The summed E-state index contributed by atoms with van der Waals surface area (Å²) < 4.78 is 0. The first-order valence-corrected chi connectivity index (χ1v) is 8.85. The fourth-order valence-electron chi connectivity index (χ4n) is 4.47. The van der Waals surface area contributed by atoms with Gasteiger partial charge in [0.2, 0.25) is 0 Å². The molecule has 1 heterocycles. The number of hydrogen-bond donors (Lipinski definition) is 1. The molecular weight excluding hydrogens is 244 g/mol. The van der Waals surface area contributed by atoms with Gasteiger partial charge in [-0.3, -0.25) is 4.90 Å². The maximum atomic E-state index is 3.83. The van der Waals surface area contributed by atoms with E-state index < -0.39 is 0 Å². The highest BCUT2D eigenvalue weighted by Gasteiger charge is 2.40. The Morgan fingerprint density at radius 1 is 1.15 bits per heavy atom. The summed E-state index contributed by atoms with van der Waals surface area (Å²) in [6.45, 7) is 16.8. The van der Waals surface area contributed by atoms with Crippen molar-refractivity contribution in [2.24, 2.45) is 17.8 Å². The van der Waals surface area contributed by atoms with Gasteiger partial charge in [-0.15, -0.1) is 0 Å². The quantitative estimate of drug-likeness (QED) is 0.843. The lowest BCUT2D eigenvalue weighted by molar-refractivity contribution is -0.00351. The van der Waals surface area contributed by atoms with Crippen LogP contribution in [0.5, 0.6) is 0 Å². The first-order chi connectivity index (χ1) is 9.34. The predicted octanol–water partition coefficient (Wildman–Crippen LogP) is 3.91. The van der Waals surface area contributed by atoms with E-state index in [-0.39, 0.29) is 0 Å². The molecule has 0 spiro atoms. The lowest BCUT2D eigenvalue weighted by Crippen LogP contribution is -2.66. The number of nitrogens with one attached hydrogen (secondary N) is 1. The fraction of sp³-hybridized carbons (Fsp3) is 1.00. The van der Waals surface area contributed by atoms with Crippen molar-refractivity contribution in [3.05, 3.63) is 0 Å². The van der Waals surface area contributed by atoms with Crippen molar-refractivity contribution >= 4 is 0 Å². The molecule has 0 aromatic heterocycles. The van der Waals surface area contributed by atoms with E-state index in [2.05, 4.69) is 51.8 Å². The first kappa shape index (κ1) is 16.3. The van der Waals surface area contributed by atoms with Crippen LogP contribution < -0.4 is 5.32 Å². The highest BCUT2D eigenvalue weighted by Crippen LogP contribution is 2.35. The smallest absolute Gasteiger partial charge is 0.0278 e. The second-order valence-corrected chi connectivity index (χ2v) is 8.35. The van der Waals surface area contributed by atoms with Crippen LogP contribution in [0.2, 0.25) is 0 Å². The van der Waals surface area contributed by atoms with Crippen LogP contribution in [-0.2, 0) is 0 Å². The van der Waals surface area contributed by atoms with E-state index in [0.717, 1.165) is 29.8 Å². The third-order valence-corrected chi connectivity index (χ3v) is 5.87. The summed E-state index contributed by atoms with van der Waals surface area (Å²) >= 11 is 0. The van der Waals surface area contributed by atoms with Crippen molar-refractivity contribution in [1.29, 1.82) is 0 Å². The number of nitrogens with zero attached hydrogens (tertiary/aromatic N) is 1. The molecule has 0 aromatic rings. The first-order valence-electron chi connectivity index (χ1n) is 8.85. The molecule has 0 bridgehead atoms. The number of rotatable bonds is 3. The summed E-state index contributed by atoms with van der Waals surface area (Å²) in [6.07, 6.45) is 5.48. The molecule has 118 valence electrons. The zero-order valence-corrected chi connectivity index (χ0v) is 14.6. The average molecular weight is 280 g/mol. The van der Waals surface area contributed by atoms with Crippen LogP contribution in [0.15, 0.2) is 0 Å². The molecule has 1 N–H and O–H groups in total. The summed E-state index contributed by atoms with van der Waals surface area (Å²) in [7, 11) is 0. The summed E-state index contributed by atoms with van der Waals surface area (Å²) in [5.74, 6) is 2.55. The lowest BCUT2D eigenvalue weighted by Gasteiger charge is -2.52. The molecule has 0 amide bonds. The van der Waals surface area contributed by atoms with E-state index in [1.54, 1.807) is 0 Å². The highest BCUT2D eigenvalue weighted by atomic mass is 15.3. The van der Waals surface area contributed by atoms with Crippen LogP contribution in [-0.4, -0.2) is 35.6 Å². The van der Waals surface area contributed by atoms with Gasteiger partial charge in [-0.05, 0) is 50.4 Å². The molecule has 2 fully saturated rings. The molecule has 1 aliphatic heterocycles. The minimum Gasteiger partial charge on any atom is -0.309 e. The minimum absolute atomic E-state index is 0.315. The SMILES string of the molecule is CCC1(C)CN(C2CC(C)CC(C)C2)C(C(C)C)CN1. The maximum Gasteiger partial charge on any atom is 0.0278 e. The van der Waals surface area contributed by atoms with Crippen molar-refractivity contribution < 1.29 is 0 Å². The number of hydrogen-bond acceptors (Lipinski definition) is 2. The summed E-state index contributed by atoms with van der Waals surface area (Å²) in [4.78, 5) is 2.89. The summed E-state index contributed by atoms with van der Waals surface area (Å²) in [5, 5.41) is 3.83. The molecule has 1 aliphatic carbocycles. The Morgan fingerprint density at radius 2 is 1.75 bits per heavy atom. The van der Waals surface area contributed by atoms with Crippen LogP contribution >= 0.6 is 0 Å². The Kier molecular flexibility index (Phi) is 5.18. The molecule has 1 saturated heterocycles. The van der Waals surface area contributed by atoms with Gasteiger partial charge in [-0.1, -0.05) is 34.6 Å². The van der Waals surface area contributed by atoms with Crippen molar-refractivity contribution in [3.8, 4) is 0 Å². The van der Waals surface area contributed by atoms with Crippen LogP contribution in [0.25, 0.3) is 0 Å². The monoisotopic (exact) mass is 280 g/mol. The second kappa shape index (κ2) is 6.36. The molecule has 2 rings (SSSR count). The van der Waals surface area contributed by atoms with Gasteiger partial charge in [0.1, 0.15) is 0 Å². The van der Waals surface area contributed by atoms with Gasteiger partial charge in [-0.25, -0.2) is 0 Å². The molecule has 0 aromatic carbocycles. The Labute approximate surface area is 126 Å². The minimum atomic E-state index is 0.315. The van der Waals surface area contributed by atoms with Crippen LogP contribution in [0.1, 0.15) is 67.2 Å². The zero-order valence-electron chi connectivity index (χ0n) is 14.6. The molecule has 0 radical (unpaired) electrons. The molecule has 20 heavy (non-hydrogen) atoms. The van der Waals surface area contributed by atoms with Gasteiger partial charge in [0.25, 0.3) is 0 Å². The largest absolute Gasteiger partial charge is 0.309 e. The van der Waals surface area contributed by atoms with Crippen LogP contribution in [0.4, 0.5) is 0 Å². The normalized spacial score (nSPS) is 44.0. The Hall–Kier alpha value is -0.0800. The van der Waals surface area contributed by atoms with E-state index in [4.69, 9.17) is 0 Å². The lowest BCUT2D eigenvalue weighted by atomic mass is 9.77. The van der Waals surface area contributed by atoms with Crippen molar-refractivity contribution in [3.63, 3.8) is 0 Å². The van der Waals surface area contributed by atoms with Crippen molar-refractivity contribution in [2.45, 2.75) is 84.8 Å². The van der Waals surface area contributed by atoms with Gasteiger partial charge in [0.05, 0.1) is 0 Å². The average Bonchev–Trinajstić information content (AvgIpc) is 2.37. The van der Waals surface area contributed by atoms with E-state index in [9.17, 15) is 0 Å². The molecule has 2 heteroatoms. The van der Waals surface area contributed by atoms with Crippen LogP contribution in [0, 0.1) is 17.8 Å². The van der Waals surface area contributed by atoms with E-state index >= 15 is 0 Å². The molecular formula is C18H36N2. The van der Waals surface area contributed by atoms with Crippen molar-refractivity contribution in [1.82, 2.24) is 10.2 Å². The highest BCUT2D eigenvalue weighted by molar-refractivity contribution is 4.98. The van der Waals surface area contributed by atoms with Gasteiger partial charge < -0.3 is 5.32 Å². The number of piperazine rings is 1. The Morgan fingerprint density at radius 3 is 2.25 bits per heavy atom.